The van der Waals surface area contributed by atoms with E-state index in [4.69, 9.17) is 30.8 Å². The van der Waals surface area contributed by atoms with Crippen LogP contribution in [-0.4, -0.2) is 23.3 Å². The molecule has 1 unspecified atom stereocenters. The quantitative estimate of drug-likeness (QED) is 0.328. The molecule has 0 bridgehead atoms. The van der Waals surface area contributed by atoms with Crippen LogP contribution in [-0.2, 0) is 6.54 Å². The molecule has 1 aromatic heterocycles. The molecule has 6 heteroatoms. The van der Waals surface area contributed by atoms with E-state index in [-0.39, 0.29) is 6.10 Å². The Labute approximate surface area is 187 Å². The molecular weight excluding hydrogens is 412 g/mol. The fourth-order valence-electron chi connectivity index (χ4n) is 3.57. The van der Waals surface area contributed by atoms with Gasteiger partial charge in [0.25, 0.3) is 0 Å². The van der Waals surface area contributed by atoms with Crippen LogP contribution in [0, 0.1) is 6.92 Å². The highest BCUT2D eigenvalue weighted by atomic mass is 35.5. The number of halogens is 1. The van der Waals surface area contributed by atoms with Crippen molar-refractivity contribution in [3.8, 4) is 17.2 Å². The van der Waals surface area contributed by atoms with Gasteiger partial charge in [-0.2, -0.15) is 0 Å². The van der Waals surface area contributed by atoms with Gasteiger partial charge in [-0.05, 0) is 61.9 Å². The van der Waals surface area contributed by atoms with E-state index in [2.05, 4.69) is 10.6 Å². The van der Waals surface area contributed by atoms with Crippen molar-refractivity contribution in [2.24, 2.45) is 0 Å². The number of aromatic nitrogens is 2. The topological polar surface area (TPSA) is 45.5 Å². The second-order valence-corrected chi connectivity index (χ2v) is 7.69. The van der Waals surface area contributed by atoms with E-state index in [9.17, 15) is 0 Å². The van der Waals surface area contributed by atoms with Crippen molar-refractivity contribution in [3.63, 3.8) is 0 Å². The summed E-state index contributed by atoms with van der Waals surface area (Å²) in [6, 6.07) is 21.4. The predicted molar refractivity (Wildman–Crippen MR) is 123 cm³/mol. The van der Waals surface area contributed by atoms with E-state index >= 15 is 0 Å². The number of benzene rings is 3. The molecule has 5 nitrogen and oxygen atoms in total. The van der Waals surface area contributed by atoms with Gasteiger partial charge in [0.15, 0.2) is 23.4 Å². The van der Waals surface area contributed by atoms with Crippen molar-refractivity contribution in [3.05, 3.63) is 83.1 Å². The minimum atomic E-state index is -0.251. The van der Waals surface area contributed by atoms with Gasteiger partial charge in [0.05, 0.1) is 24.7 Å². The van der Waals surface area contributed by atoms with Crippen LogP contribution in [0.5, 0.6) is 17.2 Å². The maximum atomic E-state index is 6.20. The Morgan fingerprint density at radius 2 is 1.74 bits per heavy atom. The van der Waals surface area contributed by atoms with Crippen LogP contribution >= 0.6 is 11.6 Å². The summed E-state index contributed by atoms with van der Waals surface area (Å²) < 4.78 is 19.7. The molecule has 0 aliphatic carbocycles. The Bertz CT molecular complexity index is 1190. The first-order valence-electron chi connectivity index (χ1n) is 10.2. The van der Waals surface area contributed by atoms with E-state index in [0.29, 0.717) is 18.9 Å². The molecule has 0 saturated heterocycles. The zero-order valence-corrected chi connectivity index (χ0v) is 18.6. The Kier molecular flexibility index (Phi) is 6.33. The lowest BCUT2D eigenvalue weighted by Gasteiger charge is -2.18. The van der Waals surface area contributed by atoms with Crippen LogP contribution in [0.4, 0.5) is 0 Å². The van der Waals surface area contributed by atoms with E-state index in [1.54, 1.807) is 7.11 Å². The monoisotopic (exact) mass is 436 g/mol. The summed E-state index contributed by atoms with van der Waals surface area (Å²) in [6.45, 7) is 5.06. The van der Waals surface area contributed by atoms with E-state index < -0.39 is 0 Å². The number of fused-ring (bicyclic) bond motifs is 1. The van der Waals surface area contributed by atoms with Crippen molar-refractivity contribution in [1.82, 2.24) is 9.55 Å². The first-order chi connectivity index (χ1) is 15.1. The highest BCUT2D eigenvalue weighted by Gasteiger charge is 2.18. The minimum absolute atomic E-state index is 0.251. The fraction of sp³-hybridized carbons (Fsp3) is 0.240. The summed E-state index contributed by atoms with van der Waals surface area (Å²) in [5.41, 5.74) is 2.95. The summed E-state index contributed by atoms with van der Waals surface area (Å²) in [7, 11) is 1.64. The molecule has 0 radical (unpaired) electrons. The van der Waals surface area contributed by atoms with Gasteiger partial charge >= 0.3 is 0 Å². The normalized spacial score (nSPS) is 12.0. The van der Waals surface area contributed by atoms with Crippen LogP contribution in [0.3, 0.4) is 0 Å². The Balaban J connectivity index is 1.57. The molecule has 3 aromatic carbocycles. The molecule has 0 spiro atoms. The fourth-order valence-corrected chi connectivity index (χ4v) is 3.69. The van der Waals surface area contributed by atoms with Crippen LogP contribution in [0.1, 0.15) is 24.4 Å². The van der Waals surface area contributed by atoms with E-state index in [1.165, 1.54) is 0 Å². The van der Waals surface area contributed by atoms with Gasteiger partial charge in [-0.15, -0.1) is 0 Å². The van der Waals surface area contributed by atoms with Crippen LogP contribution in [0.15, 0.2) is 66.7 Å². The molecule has 0 aliphatic heterocycles. The van der Waals surface area contributed by atoms with E-state index in [0.717, 1.165) is 38.9 Å². The third kappa shape index (κ3) is 4.62. The SMILES string of the molecule is COc1ccccc1OCCn1c(C(C)Oc2ccc(Cl)c(C)c2)nc2ccccc21. The van der Waals surface area contributed by atoms with Gasteiger partial charge in [-0.1, -0.05) is 35.9 Å². The molecule has 0 aliphatic rings. The molecular formula is C25H25ClN2O3. The predicted octanol–water partition coefficient (Wildman–Crippen LogP) is 6.23. The minimum Gasteiger partial charge on any atom is -0.493 e. The summed E-state index contributed by atoms with van der Waals surface area (Å²) in [5.74, 6) is 3.04. The van der Waals surface area contributed by atoms with Crippen molar-refractivity contribution in [1.29, 1.82) is 0 Å². The summed E-state index contributed by atoms with van der Waals surface area (Å²) in [4.78, 5) is 4.84. The number of aryl methyl sites for hydroxylation is 1. The van der Waals surface area contributed by atoms with Gasteiger partial charge in [-0.25, -0.2) is 4.98 Å². The number of methoxy groups -OCH3 is 1. The van der Waals surface area contributed by atoms with Crippen molar-refractivity contribution in [2.45, 2.75) is 26.5 Å². The summed E-state index contributed by atoms with van der Waals surface area (Å²) in [5, 5.41) is 0.723. The maximum Gasteiger partial charge on any atom is 0.161 e. The summed E-state index contributed by atoms with van der Waals surface area (Å²) >= 11 is 6.15. The average molecular weight is 437 g/mol. The van der Waals surface area contributed by atoms with Crippen LogP contribution in [0.25, 0.3) is 11.0 Å². The number of para-hydroxylation sites is 4. The van der Waals surface area contributed by atoms with Crippen LogP contribution < -0.4 is 14.2 Å². The van der Waals surface area contributed by atoms with Crippen molar-refractivity contribution < 1.29 is 14.2 Å². The van der Waals surface area contributed by atoms with Gasteiger partial charge in [0.2, 0.25) is 0 Å². The largest absolute Gasteiger partial charge is 0.493 e. The Hall–Kier alpha value is -3.18. The lowest BCUT2D eigenvalue weighted by atomic mass is 10.2. The molecule has 1 heterocycles. The van der Waals surface area contributed by atoms with Crippen molar-refractivity contribution in [2.75, 3.05) is 13.7 Å². The van der Waals surface area contributed by atoms with Crippen molar-refractivity contribution >= 4 is 22.6 Å². The van der Waals surface area contributed by atoms with Gasteiger partial charge < -0.3 is 18.8 Å². The Morgan fingerprint density at radius 3 is 2.52 bits per heavy atom. The molecule has 0 saturated carbocycles. The maximum absolute atomic E-state index is 6.20. The zero-order chi connectivity index (χ0) is 21.8. The average Bonchev–Trinajstić information content (AvgIpc) is 3.15. The number of imidazole rings is 1. The molecule has 0 N–H and O–H groups in total. The molecule has 160 valence electrons. The zero-order valence-electron chi connectivity index (χ0n) is 17.8. The van der Waals surface area contributed by atoms with Gasteiger partial charge in [-0.3, -0.25) is 0 Å². The first kappa shape index (κ1) is 21.1. The molecule has 0 amide bonds. The highest BCUT2D eigenvalue weighted by Crippen LogP contribution is 2.29. The molecule has 31 heavy (non-hydrogen) atoms. The molecule has 0 fully saturated rings. The number of ether oxygens (including phenoxy) is 3. The first-order valence-corrected chi connectivity index (χ1v) is 10.6. The lowest BCUT2D eigenvalue weighted by Crippen LogP contribution is -2.16. The lowest BCUT2D eigenvalue weighted by molar-refractivity contribution is 0.207. The second-order valence-electron chi connectivity index (χ2n) is 7.28. The van der Waals surface area contributed by atoms with E-state index in [1.807, 2.05) is 74.5 Å². The van der Waals surface area contributed by atoms with Gasteiger partial charge in [0.1, 0.15) is 12.4 Å². The number of hydrogen-bond acceptors (Lipinski definition) is 4. The summed E-state index contributed by atoms with van der Waals surface area (Å²) in [6.07, 6.45) is -0.251. The van der Waals surface area contributed by atoms with Crippen LogP contribution in [0.2, 0.25) is 5.02 Å². The molecule has 4 rings (SSSR count). The Morgan fingerprint density at radius 1 is 1.00 bits per heavy atom. The number of hydrogen-bond donors (Lipinski definition) is 0. The third-order valence-electron chi connectivity index (χ3n) is 5.13. The molecule has 1 atom stereocenters. The van der Waals surface area contributed by atoms with Gasteiger partial charge in [0, 0.05) is 5.02 Å². The molecule has 4 aromatic rings. The standard InChI is InChI=1S/C25H25ClN2O3/c1-17-16-19(12-13-20(17)26)31-18(2)25-27-21-8-4-5-9-22(21)28(25)14-15-30-24-11-7-6-10-23(24)29-3/h4-13,16,18H,14-15H2,1-3H3. The number of rotatable bonds is 8. The highest BCUT2D eigenvalue weighted by molar-refractivity contribution is 6.31. The smallest absolute Gasteiger partial charge is 0.161 e. The third-order valence-corrected chi connectivity index (χ3v) is 5.56. The second kappa shape index (κ2) is 9.31. The number of nitrogens with zero attached hydrogens (tertiary/aromatic N) is 2.